The smallest absolute Gasteiger partial charge is 0.221 e. The van der Waals surface area contributed by atoms with Gasteiger partial charge in [-0.05, 0) is 25.1 Å². The first-order valence-electron chi connectivity index (χ1n) is 4.66. The highest BCUT2D eigenvalue weighted by atomic mass is 16.1. The molecule has 4 nitrogen and oxygen atoms in total. The van der Waals surface area contributed by atoms with Gasteiger partial charge in [0.05, 0.1) is 16.7 Å². The van der Waals surface area contributed by atoms with E-state index in [4.69, 9.17) is 0 Å². The lowest BCUT2D eigenvalue weighted by molar-refractivity contribution is -0.114. The monoisotopic (exact) mass is 201 g/mol. The Morgan fingerprint density at radius 2 is 2.13 bits per heavy atom. The number of carbonyl (C=O) groups excluding carboxylic acids is 1. The van der Waals surface area contributed by atoms with Crippen LogP contribution in [-0.2, 0) is 4.79 Å². The molecule has 2 aromatic rings. The molecule has 0 aliphatic carbocycles. The Morgan fingerprint density at radius 1 is 1.33 bits per heavy atom. The number of fused-ring (bicyclic) bond motifs is 1. The average Bonchev–Trinajstić information content (AvgIpc) is 2.17. The van der Waals surface area contributed by atoms with Crippen LogP contribution in [-0.4, -0.2) is 15.9 Å². The highest BCUT2D eigenvalue weighted by Crippen LogP contribution is 2.15. The van der Waals surface area contributed by atoms with Gasteiger partial charge in [-0.25, -0.2) is 4.98 Å². The number of aryl methyl sites for hydroxylation is 1. The molecule has 0 spiro atoms. The van der Waals surface area contributed by atoms with Crippen molar-refractivity contribution in [2.24, 2.45) is 0 Å². The van der Waals surface area contributed by atoms with Crippen molar-refractivity contribution < 1.29 is 4.79 Å². The first-order valence-corrected chi connectivity index (χ1v) is 4.66. The SMILES string of the molecule is CC(=O)Nc1ccc2nc(C)cnc2c1. The van der Waals surface area contributed by atoms with Crippen molar-refractivity contribution in [2.75, 3.05) is 5.32 Å². The average molecular weight is 201 g/mol. The number of rotatable bonds is 1. The van der Waals surface area contributed by atoms with Gasteiger partial charge >= 0.3 is 0 Å². The zero-order chi connectivity index (χ0) is 10.8. The lowest BCUT2D eigenvalue weighted by Gasteiger charge is -2.03. The summed E-state index contributed by atoms with van der Waals surface area (Å²) in [5, 5.41) is 2.70. The number of aromatic nitrogens is 2. The zero-order valence-corrected chi connectivity index (χ0v) is 8.61. The molecular weight excluding hydrogens is 190 g/mol. The van der Waals surface area contributed by atoms with Crippen LogP contribution in [0.4, 0.5) is 5.69 Å². The third-order valence-electron chi connectivity index (χ3n) is 1.98. The molecule has 0 radical (unpaired) electrons. The molecule has 1 aromatic carbocycles. The second-order valence-corrected chi connectivity index (χ2v) is 3.40. The normalized spacial score (nSPS) is 10.3. The van der Waals surface area contributed by atoms with E-state index in [1.54, 1.807) is 6.20 Å². The maximum atomic E-state index is 10.9. The molecule has 2 rings (SSSR count). The summed E-state index contributed by atoms with van der Waals surface area (Å²) in [5.41, 5.74) is 3.25. The van der Waals surface area contributed by atoms with Crippen LogP contribution in [0.2, 0.25) is 0 Å². The highest BCUT2D eigenvalue weighted by molar-refractivity contribution is 5.91. The van der Waals surface area contributed by atoms with Gasteiger partial charge in [-0.15, -0.1) is 0 Å². The summed E-state index contributed by atoms with van der Waals surface area (Å²) in [6, 6.07) is 5.47. The van der Waals surface area contributed by atoms with Gasteiger partial charge in [-0.3, -0.25) is 9.78 Å². The van der Waals surface area contributed by atoms with Gasteiger partial charge in [0.2, 0.25) is 5.91 Å². The van der Waals surface area contributed by atoms with E-state index in [1.165, 1.54) is 6.92 Å². The molecule has 0 bridgehead atoms. The highest BCUT2D eigenvalue weighted by Gasteiger charge is 2.00. The number of benzene rings is 1. The molecule has 1 N–H and O–H groups in total. The molecule has 1 aromatic heterocycles. The van der Waals surface area contributed by atoms with Crippen molar-refractivity contribution in [1.82, 2.24) is 9.97 Å². The van der Waals surface area contributed by atoms with Gasteiger partial charge in [-0.2, -0.15) is 0 Å². The Morgan fingerprint density at radius 3 is 2.87 bits per heavy atom. The second kappa shape index (κ2) is 3.65. The van der Waals surface area contributed by atoms with Crippen LogP contribution in [0.3, 0.4) is 0 Å². The minimum atomic E-state index is -0.0885. The molecule has 1 heterocycles. The topological polar surface area (TPSA) is 54.9 Å². The van der Waals surface area contributed by atoms with Gasteiger partial charge in [0, 0.05) is 18.8 Å². The van der Waals surface area contributed by atoms with E-state index in [-0.39, 0.29) is 5.91 Å². The first-order chi connectivity index (χ1) is 7.15. The van der Waals surface area contributed by atoms with Crippen LogP contribution in [0.15, 0.2) is 24.4 Å². The molecular formula is C11H11N3O. The second-order valence-electron chi connectivity index (χ2n) is 3.40. The third kappa shape index (κ3) is 2.10. The fourth-order valence-electron chi connectivity index (χ4n) is 1.38. The van der Waals surface area contributed by atoms with Crippen LogP contribution in [0.1, 0.15) is 12.6 Å². The maximum absolute atomic E-state index is 10.9. The van der Waals surface area contributed by atoms with Crippen molar-refractivity contribution in [3.63, 3.8) is 0 Å². The Balaban J connectivity index is 2.47. The van der Waals surface area contributed by atoms with E-state index < -0.39 is 0 Å². The standard InChI is InChI=1S/C11H11N3O/c1-7-6-12-11-5-9(14-8(2)15)3-4-10(11)13-7/h3-6H,1-2H3,(H,14,15). The van der Waals surface area contributed by atoms with Crippen LogP contribution in [0.25, 0.3) is 11.0 Å². The zero-order valence-electron chi connectivity index (χ0n) is 8.61. The lowest BCUT2D eigenvalue weighted by Crippen LogP contribution is -2.05. The Hall–Kier alpha value is -1.97. The summed E-state index contributed by atoms with van der Waals surface area (Å²) in [7, 11) is 0. The quantitative estimate of drug-likeness (QED) is 0.766. The maximum Gasteiger partial charge on any atom is 0.221 e. The predicted octanol–water partition coefficient (Wildman–Crippen LogP) is 1.90. The van der Waals surface area contributed by atoms with E-state index in [0.29, 0.717) is 0 Å². The van der Waals surface area contributed by atoms with E-state index in [9.17, 15) is 4.79 Å². The minimum absolute atomic E-state index is 0.0885. The molecule has 0 aliphatic rings. The molecule has 1 amide bonds. The molecule has 4 heteroatoms. The van der Waals surface area contributed by atoms with E-state index in [2.05, 4.69) is 15.3 Å². The molecule has 0 saturated heterocycles. The van der Waals surface area contributed by atoms with Crippen LogP contribution < -0.4 is 5.32 Å². The molecule has 0 fully saturated rings. The van der Waals surface area contributed by atoms with E-state index in [1.807, 2.05) is 25.1 Å². The Bertz CT molecular complexity index is 522. The third-order valence-corrected chi connectivity index (χ3v) is 1.98. The van der Waals surface area contributed by atoms with Crippen molar-refractivity contribution in [3.8, 4) is 0 Å². The number of nitrogens with zero attached hydrogens (tertiary/aromatic N) is 2. The summed E-state index contributed by atoms with van der Waals surface area (Å²) >= 11 is 0. The van der Waals surface area contributed by atoms with Gasteiger partial charge in [-0.1, -0.05) is 0 Å². The summed E-state index contributed by atoms with van der Waals surface area (Å²) in [4.78, 5) is 19.4. The predicted molar refractivity (Wildman–Crippen MR) is 58.6 cm³/mol. The van der Waals surface area contributed by atoms with Crippen molar-refractivity contribution in [2.45, 2.75) is 13.8 Å². The van der Waals surface area contributed by atoms with E-state index in [0.717, 1.165) is 22.4 Å². The summed E-state index contributed by atoms with van der Waals surface area (Å²) < 4.78 is 0. The lowest BCUT2D eigenvalue weighted by atomic mass is 10.2. The molecule has 0 saturated carbocycles. The van der Waals surface area contributed by atoms with Gasteiger partial charge in [0.1, 0.15) is 0 Å². The Kier molecular flexibility index (Phi) is 2.33. The van der Waals surface area contributed by atoms with Crippen molar-refractivity contribution >= 4 is 22.6 Å². The number of anilines is 1. The van der Waals surface area contributed by atoms with Gasteiger partial charge in [0.25, 0.3) is 0 Å². The molecule has 76 valence electrons. The summed E-state index contributed by atoms with van der Waals surface area (Å²) in [5.74, 6) is -0.0885. The first kappa shape index (κ1) is 9.58. The van der Waals surface area contributed by atoms with Crippen LogP contribution in [0, 0.1) is 6.92 Å². The number of nitrogens with one attached hydrogen (secondary N) is 1. The fourth-order valence-corrected chi connectivity index (χ4v) is 1.38. The summed E-state index contributed by atoms with van der Waals surface area (Å²) in [6.45, 7) is 3.37. The molecule has 0 aliphatic heterocycles. The van der Waals surface area contributed by atoms with E-state index >= 15 is 0 Å². The summed E-state index contributed by atoms with van der Waals surface area (Å²) in [6.07, 6.45) is 1.71. The molecule has 0 atom stereocenters. The van der Waals surface area contributed by atoms with Gasteiger partial charge < -0.3 is 5.32 Å². The van der Waals surface area contributed by atoms with Gasteiger partial charge in [0.15, 0.2) is 0 Å². The largest absolute Gasteiger partial charge is 0.326 e. The minimum Gasteiger partial charge on any atom is -0.326 e. The van der Waals surface area contributed by atoms with Crippen molar-refractivity contribution in [1.29, 1.82) is 0 Å². The number of carbonyl (C=O) groups is 1. The van der Waals surface area contributed by atoms with Crippen LogP contribution in [0.5, 0.6) is 0 Å². The number of hydrogen-bond acceptors (Lipinski definition) is 3. The van der Waals surface area contributed by atoms with Crippen molar-refractivity contribution in [3.05, 3.63) is 30.1 Å². The number of amides is 1. The fraction of sp³-hybridized carbons (Fsp3) is 0.182. The molecule has 15 heavy (non-hydrogen) atoms. The Labute approximate surface area is 87.4 Å². The number of hydrogen-bond donors (Lipinski definition) is 1. The van der Waals surface area contributed by atoms with Crippen LogP contribution >= 0.6 is 0 Å². The molecule has 0 unspecified atom stereocenters.